The van der Waals surface area contributed by atoms with E-state index in [1.807, 2.05) is 18.2 Å². The van der Waals surface area contributed by atoms with Gasteiger partial charge in [-0.2, -0.15) is 0 Å². The Morgan fingerprint density at radius 2 is 2.00 bits per heavy atom. The normalized spacial score (nSPS) is 12.4. The summed E-state index contributed by atoms with van der Waals surface area (Å²) in [6.45, 7) is 0.462. The molecule has 3 aromatic rings. The lowest BCUT2D eigenvalue weighted by Gasteiger charge is -2.14. The number of halogens is 2. The quantitative estimate of drug-likeness (QED) is 0.714. The Bertz CT molecular complexity index is 943. The van der Waals surface area contributed by atoms with Crippen molar-refractivity contribution in [3.8, 4) is 0 Å². The Morgan fingerprint density at radius 3 is 2.80 bits per heavy atom. The second-order valence-corrected chi connectivity index (χ2v) is 6.47. The number of nitrogens with zero attached hydrogens (tertiary/aromatic N) is 2. The van der Waals surface area contributed by atoms with Crippen LogP contribution in [0.5, 0.6) is 0 Å². The van der Waals surface area contributed by atoms with Crippen molar-refractivity contribution in [2.24, 2.45) is 0 Å². The summed E-state index contributed by atoms with van der Waals surface area (Å²) in [5, 5.41) is 11.7. The zero-order valence-electron chi connectivity index (χ0n) is 13.2. The van der Waals surface area contributed by atoms with Crippen LogP contribution in [0.3, 0.4) is 0 Å². The molecule has 1 N–H and O–H groups in total. The first-order valence-electron chi connectivity index (χ1n) is 7.68. The highest BCUT2D eigenvalue weighted by Crippen LogP contribution is 2.16. The van der Waals surface area contributed by atoms with Crippen molar-refractivity contribution in [3.63, 3.8) is 0 Å². The first-order valence-corrected chi connectivity index (χ1v) is 8.44. The molecule has 5 nitrogen and oxygen atoms in total. The average Bonchev–Trinajstić information content (AvgIpc) is 2.59. The third-order valence-corrected chi connectivity index (χ3v) is 4.32. The molecular weight excluding hydrogens is 363 g/mol. The van der Waals surface area contributed by atoms with Gasteiger partial charge >= 0.3 is 0 Å². The summed E-state index contributed by atoms with van der Waals surface area (Å²) in [5.41, 5.74) is 1.14. The number of hydrogen-bond donors (Lipinski definition) is 1. The highest BCUT2D eigenvalue weighted by atomic mass is 35.5. The number of aliphatic hydroxyl groups is 1. The molecule has 25 heavy (non-hydrogen) atoms. The Labute approximate surface area is 154 Å². The van der Waals surface area contributed by atoms with Gasteiger partial charge in [-0.15, -0.1) is 0 Å². The molecule has 1 atom stereocenters. The number of ether oxygens (including phenoxy) is 1. The molecule has 0 bridgehead atoms. The molecule has 0 spiro atoms. The van der Waals surface area contributed by atoms with Crippen LogP contribution < -0.4 is 5.56 Å². The maximum Gasteiger partial charge on any atom is 0.261 e. The summed E-state index contributed by atoms with van der Waals surface area (Å²) in [7, 11) is 0. The maximum atomic E-state index is 12.4. The average molecular weight is 379 g/mol. The van der Waals surface area contributed by atoms with Crippen molar-refractivity contribution in [1.29, 1.82) is 0 Å². The number of hydrogen-bond acceptors (Lipinski definition) is 4. The van der Waals surface area contributed by atoms with Crippen molar-refractivity contribution >= 4 is 34.1 Å². The molecule has 0 saturated carbocycles. The van der Waals surface area contributed by atoms with E-state index in [1.165, 1.54) is 10.9 Å². The monoisotopic (exact) mass is 378 g/mol. The smallest absolute Gasteiger partial charge is 0.261 e. The van der Waals surface area contributed by atoms with Crippen molar-refractivity contribution in [1.82, 2.24) is 9.55 Å². The van der Waals surface area contributed by atoms with E-state index < -0.39 is 6.10 Å². The van der Waals surface area contributed by atoms with Crippen LogP contribution in [0.4, 0.5) is 0 Å². The minimum atomic E-state index is -0.841. The fourth-order valence-corrected chi connectivity index (χ4v) is 2.82. The minimum absolute atomic E-state index is 0.0797. The van der Waals surface area contributed by atoms with Crippen LogP contribution in [0.2, 0.25) is 10.0 Å². The van der Waals surface area contributed by atoms with Crippen LogP contribution >= 0.6 is 23.2 Å². The molecule has 130 valence electrons. The van der Waals surface area contributed by atoms with E-state index in [2.05, 4.69) is 4.98 Å². The zero-order chi connectivity index (χ0) is 17.8. The molecule has 1 heterocycles. The Morgan fingerprint density at radius 1 is 1.20 bits per heavy atom. The zero-order valence-corrected chi connectivity index (χ0v) is 14.7. The van der Waals surface area contributed by atoms with Crippen LogP contribution in [-0.2, 0) is 17.9 Å². The molecular formula is C18H16Cl2N2O3. The van der Waals surface area contributed by atoms with Gasteiger partial charge in [0, 0.05) is 10.0 Å². The lowest BCUT2D eigenvalue weighted by Crippen LogP contribution is -2.29. The Balaban J connectivity index is 1.63. The summed E-state index contributed by atoms with van der Waals surface area (Å²) in [6, 6.07) is 12.2. The van der Waals surface area contributed by atoms with E-state index in [1.54, 1.807) is 24.3 Å². The highest BCUT2D eigenvalue weighted by molar-refractivity contribution is 6.31. The van der Waals surface area contributed by atoms with Gasteiger partial charge in [-0.05, 0) is 29.8 Å². The molecule has 0 amide bonds. The second-order valence-electron chi connectivity index (χ2n) is 5.62. The summed E-state index contributed by atoms with van der Waals surface area (Å²) in [6.07, 6.45) is 0.560. The third kappa shape index (κ3) is 4.38. The summed E-state index contributed by atoms with van der Waals surface area (Å²) in [4.78, 5) is 16.6. The third-order valence-electron chi connectivity index (χ3n) is 3.72. The van der Waals surface area contributed by atoms with Gasteiger partial charge in [0.1, 0.15) is 0 Å². The number of aliphatic hydroxyl groups excluding tert-OH is 1. The molecule has 0 aliphatic carbocycles. The number of aromatic nitrogens is 2. The van der Waals surface area contributed by atoms with E-state index in [0.29, 0.717) is 27.6 Å². The summed E-state index contributed by atoms with van der Waals surface area (Å²) in [5.74, 6) is 0. The number of rotatable bonds is 6. The topological polar surface area (TPSA) is 64.4 Å². The number of benzene rings is 2. The molecule has 0 aliphatic rings. The summed E-state index contributed by atoms with van der Waals surface area (Å²) >= 11 is 12.0. The standard InChI is InChI=1S/C18H16Cl2N2O3/c19-13-5-6-15-17(7-13)21-11-22(18(15)24)8-14(23)10-25-9-12-3-1-2-4-16(12)20/h1-7,11,14,23H,8-10H2. The Kier molecular flexibility index (Phi) is 5.71. The van der Waals surface area contributed by atoms with Gasteiger partial charge in [0.15, 0.2) is 0 Å². The summed E-state index contributed by atoms with van der Waals surface area (Å²) < 4.78 is 6.85. The van der Waals surface area contributed by atoms with E-state index in [4.69, 9.17) is 27.9 Å². The van der Waals surface area contributed by atoms with E-state index in [9.17, 15) is 9.90 Å². The van der Waals surface area contributed by atoms with E-state index in [0.717, 1.165) is 5.56 Å². The van der Waals surface area contributed by atoms with E-state index in [-0.39, 0.29) is 18.7 Å². The first kappa shape index (κ1) is 17.9. The fraction of sp³-hybridized carbons (Fsp3) is 0.222. The van der Waals surface area contributed by atoms with Crippen molar-refractivity contribution in [2.45, 2.75) is 19.3 Å². The van der Waals surface area contributed by atoms with Gasteiger partial charge < -0.3 is 9.84 Å². The fourth-order valence-electron chi connectivity index (χ4n) is 2.46. The largest absolute Gasteiger partial charge is 0.389 e. The first-order chi connectivity index (χ1) is 12.0. The van der Waals surface area contributed by atoms with Crippen LogP contribution in [0.1, 0.15) is 5.56 Å². The van der Waals surface area contributed by atoms with Gasteiger partial charge in [0.2, 0.25) is 0 Å². The molecule has 7 heteroatoms. The van der Waals surface area contributed by atoms with Gasteiger partial charge in [0.05, 0.1) is 43.1 Å². The molecule has 0 aliphatic heterocycles. The molecule has 3 rings (SSSR count). The molecule has 0 radical (unpaired) electrons. The lowest BCUT2D eigenvalue weighted by molar-refractivity contribution is 0.0198. The predicted molar refractivity (Wildman–Crippen MR) is 98.1 cm³/mol. The van der Waals surface area contributed by atoms with Gasteiger partial charge in [-0.25, -0.2) is 4.98 Å². The van der Waals surface area contributed by atoms with Crippen molar-refractivity contribution < 1.29 is 9.84 Å². The van der Waals surface area contributed by atoms with Crippen molar-refractivity contribution in [3.05, 3.63) is 74.8 Å². The molecule has 0 fully saturated rings. The SMILES string of the molecule is O=c1c2ccc(Cl)cc2ncn1CC(O)COCc1ccccc1Cl. The van der Waals surface area contributed by atoms with Crippen LogP contribution in [0, 0.1) is 0 Å². The van der Waals surface area contributed by atoms with E-state index >= 15 is 0 Å². The van der Waals surface area contributed by atoms with Crippen LogP contribution in [-0.4, -0.2) is 27.4 Å². The Hall–Kier alpha value is -1.92. The predicted octanol–water partition coefficient (Wildman–Crippen LogP) is 3.28. The van der Waals surface area contributed by atoms with Gasteiger partial charge in [-0.3, -0.25) is 9.36 Å². The maximum absolute atomic E-state index is 12.4. The molecule has 1 unspecified atom stereocenters. The minimum Gasteiger partial charge on any atom is -0.389 e. The van der Waals surface area contributed by atoms with Crippen LogP contribution in [0.25, 0.3) is 10.9 Å². The molecule has 1 aromatic heterocycles. The van der Waals surface area contributed by atoms with Gasteiger partial charge in [0.25, 0.3) is 5.56 Å². The van der Waals surface area contributed by atoms with Crippen molar-refractivity contribution in [2.75, 3.05) is 6.61 Å². The molecule has 0 saturated heterocycles. The number of fused-ring (bicyclic) bond motifs is 1. The highest BCUT2D eigenvalue weighted by Gasteiger charge is 2.10. The molecule has 2 aromatic carbocycles. The lowest BCUT2D eigenvalue weighted by atomic mass is 10.2. The van der Waals surface area contributed by atoms with Gasteiger partial charge in [-0.1, -0.05) is 41.4 Å². The van der Waals surface area contributed by atoms with Crippen LogP contribution in [0.15, 0.2) is 53.6 Å². The second kappa shape index (κ2) is 7.97.